The lowest BCUT2D eigenvalue weighted by atomic mass is 10.2. The predicted molar refractivity (Wildman–Crippen MR) is 87.4 cm³/mol. The monoisotopic (exact) mass is 309 g/mol. The highest BCUT2D eigenvalue weighted by Gasteiger charge is 2.06. The summed E-state index contributed by atoms with van der Waals surface area (Å²) in [6, 6.07) is 5.62. The van der Waals surface area contributed by atoms with Crippen LogP contribution in [0, 0.1) is 0 Å². The van der Waals surface area contributed by atoms with Gasteiger partial charge in [0.05, 0.1) is 14.2 Å². The van der Waals surface area contributed by atoms with Crippen molar-refractivity contribution >= 4 is 5.91 Å². The van der Waals surface area contributed by atoms with Crippen molar-refractivity contribution in [2.45, 2.75) is 13.0 Å². The molecular formula is C16H27N3O3. The van der Waals surface area contributed by atoms with Gasteiger partial charge >= 0.3 is 0 Å². The first-order chi connectivity index (χ1) is 10.6. The van der Waals surface area contributed by atoms with Gasteiger partial charge in [-0.2, -0.15) is 0 Å². The van der Waals surface area contributed by atoms with Crippen LogP contribution in [0.25, 0.3) is 0 Å². The lowest BCUT2D eigenvalue weighted by molar-refractivity contribution is -0.121. The Balaban J connectivity index is 2.29. The highest BCUT2D eigenvalue weighted by molar-refractivity contribution is 5.76. The van der Waals surface area contributed by atoms with Crippen molar-refractivity contribution in [1.29, 1.82) is 0 Å². The van der Waals surface area contributed by atoms with Crippen LogP contribution in [0.3, 0.4) is 0 Å². The minimum absolute atomic E-state index is 0.0344. The van der Waals surface area contributed by atoms with Crippen LogP contribution in [-0.2, 0) is 11.3 Å². The van der Waals surface area contributed by atoms with Crippen molar-refractivity contribution in [1.82, 2.24) is 15.5 Å². The lowest BCUT2D eigenvalue weighted by Gasteiger charge is -2.11. The van der Waals surface area contributed by atoms with Crippen LogP contribution in [0.5, 0.6) is 11.5 Å². The number of nitrogens with one attached hydrogen (secondary N) is 2. The van der Waals surface area contributed by atoms with Crippen LogP contribution in [-0.4, -0.2) is 58.8 Å². The molecule has 1 rings (SSSR count). The maximum atomic E-state index is 11.8. The molecule has 1 aromatic carbocycles. The van der Waals surface area contributed by atoms with Gasteiger partial charge in [0.25, 0.3) is 0 Å². The molecule has 0 bridgehead atoms. The number of hydrogen-bond donors (Lipinski definition) is 2. The number of rotatable bonds is 10. The summed E-state index contributed by atoms with van der Waals surface area (Å²) in [4.78, 5) is 13.9. The molecule has 0 aromatic heterocycles. The third-order valence-electron chi connectivity index (χ3n) is 3.20. The topological polar surface area (TPSA) is 62.8 Å². The standard InChI is InChI=1S/C16H27N3O3/c1-19(2)10-9-17-8-7-16(20)18-12-13-5-6-14(21-3)15(11-13)22-4/h5-6,11,17H,7-10,12H2,1-4H3,(H,18,20). The summed E-state index contributed by atoms with van der Waals surface area (Å²) in [5, 5.41) is 6.14. The molecule has 0 atom stereocenters. The van der Waals surface area contributed by atoms with E-state index in [9.17, 15) is 4.79 Å². The summed E-state index contributed by atoms with van der Waals surface area (Å²) in [7, 11) is 7.25. The number of hydrogen-bond acceptors (Lipinski definition) is 5. The molecule has 0 spiro atoms. The largest absolute Gasteiger partial charge is 0.493 e. The van der Waals surface area contributed by atoms with E-state index in [1.54, 1.807) is 14.2 Å². The van der Waals surface area contributed by atoms with Crippen molar-refractivity contribution in [3.8, 4) is 11.5 Å². The number of benzene rings is 1. The van der Waals surface area contributed by atoms with Gasteiger partial charge in [-0.1, -0.05) is 6.07 Å². The number of amides is 1. The number of carbonyl (C=O) groups is 1. The highest BCUT2D eigenvalue weighted by Crippen LogP contribution is 2.27. The molecular weight excluding hydrogens is 282 g/mol. The molecule has 0 fully saturated rings. The van der Waals surface area contributed by atoms with Gasteiger partial charge in [0, 0.05) is 32.6 Å². The summed E-state index contributed by atoms with van der Waals surface area (Å²) in [6.07, 6.45) is 0.473. The van der Waals surface area contributed by atoms with Crippen molar-refractivity contribution in [2.75, 3.05) is 47.9 Å². The predicted octanol–water partition coefficient (Wildman–Crippen LogP) is 0.861. The number of nitrogens with zero attached hydrogens (tertiary/aromatic N) is 1. The van der Waals surface area contributed by atoms with Crippen LogP contribution in [0.15, 0.2) is 18.2 Å². The van der Waals surface area contributed by atoms with E-state index in [1.807, 2.05) is 32.3 Å². The first kappa shape index (κ1) is 18.3. The Morgan fingerprint density at radius 2 is 1.86 bits per heavy atom. The van der Waals surface area contributed by atoms with E-state index in [2.05, 4.69) is 15.5 Å². The van der Waals surface area contributed by atoms with E-state index in [4.69, 9.17) is 9.47 Å². The van der Waals surface area contributed by atoms with Gasteiger partial charge in [0.1, 0.15) is 0 Å². The van der Waals surface area contributed by atoms with Crippen LogP contribution >= 0.6 is 0 Å². The maximum Gasteiger partial charge on any atom is 0.221 e. The number of likely N-dealkylation sites (N-methyl/N-ethyl adjacent to an activating group) is 1. The average molecular weight is 309 g/mol. The molecule has 2 N–H and O–H groups in total. The molecule has 0 unspecified atom stereocenters. The smallest absolute Gasteiger partial charge is 0.221 e. The lowest BCUT2D eigenvalue weighted by Crippen LogP contribution is -2.31. The summed E-state index contributed by atoms with van der Waals surface area (Å²) in [6.45, 7) is 3.02. The number of ether oxygens (including phenoxy) is 2. The average Bonchev–Trinajstić information content (AvgIpc) is 2.51. The van der Waals surface area contributed by atoms with Crippen molar-refractivity contribution in [3.05, 3.63) is 23.8 Å². The maximum absolute atomic E-state index is 11.8. The van der Waals surface area contributed by atoms with Crippen LogP contribution in [0.2, 0.25) is 0 Å². The normalized spacial score (nSPS) is 10.6. The fourth-order valence-corrected chi connectivity index (χ4v) is 1.91. The van der Waals surface area contributed by atoms with E-state index in [-0.39, 0.29) is 5.91 Å². The third-order valence-corrected chi connectivity index (χ3v) is 3.20. The minimum atomic E-state index is 0.0344. The zero-order valence-electron chi connectivity index (χ0n) is 13.9. The van der Waals surface area contributed by atoms with E-state index >= 15 is 0 Å². The number of carbonyl (C=O) groups excluding carboxylic acids is 1. The van der Waals surface area contributed by atoms with Crippen molar-refractivity contribution < 1.29 is 14.3 Å². The second kappa shape index (κ2) is 10.0. The SMILES string of the molecule is COc1ccc(CNC(=O)CCNCCN(C)C)cc1OC. The Morgan fingerprint density at radius 3 is 2.50 bits per heavy atom. The number of methoxy groups -OCH3 is 2. The van der Waals surface area contributed by atoms with Crippen LogP contribution in [0.4, 0.5) is 0 Å². The molecule has 22 heavy (non-hydrogen) atoms. The summed E-state index contributed by atoms with van der Waals surface area (Å²) < 4.78 is 10.4. The molecule has 0 radical (unpaired) electrons. The zero-order valence-corrected chi connectivity index (χ0v) is 13.9. The molecule has 1 amide bonds. The Hall–Kier alpha value is -1.79. The molecule has 0 aliphatic rings. The second-order valence-corrected chi connectivity index (χ2v) is 5.27. The van der Waals surface area contributed by atoms with Gasteiger partial charge < -0.3 is 25.0 Å². The van der Waals surface area contributed by atoms with Gasteiger partial charge in [-0.05, 0) is 31.8 Å². The first-order valence-corrected chi connectivity index (χ1v) is 7.40. The Labute approximate surface area is 132 Å². The quantitative estimate of drug-likeness (QED) is 0.628. The first-order valence-electron chi connectivity index (χ1n) is 7.40. The molecule has 0 aliphatic carbocycles. The van der Waals surface area contributed by atoms with Gasteiger partial charge in [-0.15, -0.1) is 0 Å². The minimum Gasteiger partial charge on any atom is -0.493 e. The molecule has 6 nitrogen and oxygen atoms in total. The summed E-state index contributed by atoms with van der Waals surface area (Å²) in [5.74, 6) is 1.38. The third kappa shape index (κ3) is 6.78. The molecule has 1 aromatic rings. The van der Waals surface area contributed by atoms with Crippen LogP contribution < -0.4 is 20.1 Å². The van der Waals surface area contributed by atoms with Crippen LogP contribution in [0.1, 0.15) is 12.0 Å². The molecule has 6 heteroatoms. The van der Waals surface area contributed by atoms with E-state index in [0.717, 1.165) is 18.7 Å². The summed E-state index contributed by atoms with van der Waals surface area (Å²) >= 11 is 0. The van der Waals surface area contributed by atoms with Crippen molar-refractivity contribution in [3.63, 3.8) is 0 Å². The Morgan fingerprint density at radius 1 is 1.14 bits per heavy atom. The molecule has 0 saturated heterocycles. The van der Waals surface area contributed by atoms with Gasteiger partial charge in [0.15, 0.2) is 11.5 Å². The second-order valence-electron chi connectivity index (χ2n) is 5.27. The summed E-state index contributed by atoms with van der Waals surface area (Å²) in [5.41, 5.74) is 0.978. The Bertz CT molecular complexity index is 464. The van der Waals surface area contributed by atoms with E-state index in [0.29, 0.717) is 31.0 Å². The van der Waals surface area contributed by atoms with Gasteiger partial charge in [-0.25, -0.2) is 0 Å². The zero-order chi connectivity index (χ0) is 16.4. The van der Waals surface area contributed by atoms with E-state index < -0.39 is 0 Å². The van der Waals surface area contributed by atoms with Crippen molar-refractivity contribution in [2.24, 2.45) is 0 Å². The highest BCUT2D eigenvalue weighted by atomic mass is 16.5. The fraction of sp³-hybridized carbons (Fsp3) is 0.562. The molecule has 0 saturated carbocycles. The van der Waals surface area contributed by atoms with E-state index in [1.165, 1.54) is 0 Å². The van der Waals surface area contributed by atoms with Gasteiger partial charge in [0.2, 0.25) is 5.91 Å². The Kier molecular flexibility index (Phi) is 8.32. The fourth-order valence-electron chi connectivity index (χ4n) is 1.91. The van der Waals surface area contributed by atoms with Gasteiger partial charge in [-0.3, -0.25) is 4.79 Å². The molecule has 124 valence electrons. The molecule has 0 aliphatic heterocycles. The molecule has 0 heterocycles.